The summed E-state index contributed by atoms with van der Waals surface area (Å²) in [5.74, 6) is 0. The first-order chi connectivity index (χ1) is 20.9. The van der Waals surface area contributed by atoms with E-state index in [9.17, 15) is 0 Å². The van der Waals surface area contributed by atoms with Crippen molar-refractivity contribution in [3.8, 4) is 11.1 Å². The van der Waals surface area contributed by atoms with E-state index >= 15 is 0 Å². The monoisotopic (exact) mass is 557 g/mol. The van der Waals surface area contributed by atoms with Crippen molar-refractivity contribution in [1.29, 1.82) is 0 Å². The number of nitrogens with zero attached hydrogens (tertiary/aromatic N) is 3. The summed E-state index contributed by atoms with van der Waals surface area (Å²) >= 11 is 0. The molecule has 0 amide bonds. The van der Waals surface area contributed by atoms with Crippen LogP contribution in [0.2, 0.25) is 0 Å². The minimum absolute atomic E-state index is 0.616. The normalized spacial score (nSPS) is 14.8. The summed E-state index contributed by atoms with van der Waals surface area (Å²) in [6.07, 6.45) is 5.38. The minimum Gasteiger partial charge on any atom is -0.397 e. The standard InChI is InChI=1S/C38H34BN4/c1-5-24(2)33-18-14-27-10-6-8-12-34(27)37(33)41-39-29-16-19-31(25(3)22-29)32-20-17-30(23-26(32)4)42-43-38-35-13-9-7-11-28(35)15-21-36(38)40/h6-23H,5,40H2,1-4H3/b33-24-,41-37?,43-42?. The Balaban J connectivity index is 1.25. The van der Waals surface area contributed by atoms with E-state index < -0.39 is 0 Å². The number of benzene rings is 5. The Kier molecular flexibility index (Phi) is 7.89. The lowest BCUT2D eigenvalue weighted by molar-refractivity contribution is 1.09. The van der Waals surface area contributed by atoms with Gasteiger partial charge in [0.25, 0.3) is 0 Å². The third-order valence-electron chi connectivity index (χ3n) is 8.18. The molecular weight excluding hydrogens is 523 g/mol. The van der Waals surface area contributed by atoms with Gasteiger partial charge in [-0.25, -0.2) is 0 Å². The van der Waals surface area contributed by atoms with Crippen LogP contribution in [0.4, 0.5) is 17.1 Å². The number of hydrogen-bond donors (Lipinski definition) is 1. The summed E-state index contributed by atoms with van der Waals surface area (Å²) in [7, 11) is 1.99. The van der Waals surface area contributed by atoms with Gasteiger partial charge in [0.15, 0.2) is 0 Å². The number of anilines is 1. The maximum absolute atomic E-state index is 6.25. The van der Waals surface area contributed by atoms with Crippen molar-refractivity contribution in [2.75, 3.05) is 5.73 Å². The molecule has 1 aliphatic rings. The number of fused-ring (bicyclic) bond motifs is 2. The lowest BCUT2D eigenvalue weighted by Crippen LogP contribution is -2.18. The smallest absolute Gasteiger partial charge is 0.312 e. The zero-order valence-electron chi connectivity index (χ0n) is 25.1. The molecule has 4 nitrogen and oxygen atoms in total. The van der Waals surface area contributed by atoms with Crippen LogP contribution in [0, 0.1) is 13.8 Å². The number of azo groups is 1. The van der Waals surface area contributed by atoms with Gasteiger partial charge in [-0.3, -0.25) is 0 Å². The Hall–Kier alpha value is -5.03. The molecule has 43 heavy (non-hydrogen) atoms. The van der Waals surface area contributed by atoms with Gasteiger partial charge in [-0.05, 0) is 84.2 Å². The highest BCUT2D eigenvalue weighted by Crippen LogP contribution is 2.35. The summed E-state index contributed by atoms with van der Waals surface area (Å²) in [4.78, 5) is 5.04. The molecule has 5 aromatic carbocycles. The summed E-state index contributed by atoms with van der Waals surface area (Å²) in [6.45, 7) is 8.65. The number of allylic oxidation sites excluding steroid dienone is 3. The highest BCUT2D eigenvalue weighted by Gasteiger charge is 2.17. The van der Waals surface area contributed by atoms with Crippen LogP contribution in [0.5, 0.6) is 0 Å². The van der Waals surface area contributed by atoms with E-state index in [1.807, 2.05) is 43.8 Å². The fourth-order valence-corrected chi connectivity index (χ4v) is 5.64. The number of aryl methyl sites for hydroxylation is 2. The SMILES string of the molecule is CC/C(C)=C1/C=Cc2ccccc2C1=N[B]c1ccc(-c2ccc(N=Nc3c(N)ccc4ccccc34)cc2C)c(C)c1. The van der Waals surface area contributed by atoms with Gasteiger partial charge in [-0.2, -0.15) is 5.11 Å². The van der Waals surface area contributed by atoms with E-state index in [2.05, 4.69) is 111 Å². The van der Waals surface area contributed by atoms with E-state index in [0.29, 0.717) is 11.4 Å². The third kappa shape index (κ3) is 5.71. The van der Waals surface area contributed by atoms with E-state index in [4.69, 9.17) is 10.6 Å². The van der Waals surface area contributed by atoms with Crippen LogP contribution in [0.3, 0.4) is 0 Å². The molecule has 0 saturated carbocycles. The molecule has 0 aliphatic heterocycles. The Morgan fingerprint density at radius 2 is 1.49 bits per heavy atom. The van der Waals surface area contributed by atoms with Gasteiger partial charge in [-0.1, -0.05) is 109 Å². The number of nitrogens with two attached hydrogens (primary N) is 1. The second-order valence-corrected chi connectivity index (χ2v) is 11.1. The van der Waals surface area contributed by atoms with Crippen LogP contribution in [-0.2, 0) is 0 Å². The van der Waals surface area contributed by atoms with Gasteiger partial charge < -0.3 is 10.6 Å². The van der Waals surface area contributed by atoms with Crippen LogP contribution >= 0.6 is 0 Å². The molecule has 0 bridgehead atoms. The number of nitrogen functional groups attached to an aromatic ring is 1. The molecule has 6 rings (SSSR count). The van der Waals surface area contributed by atoms with Gasteiger partial charge in [-0.15, -0.1) is 5.11 Å². The van der Waals surface area contributed by atoms with Crippen molar-refractivity contribution in [3.05, 3.63) is 137 Å². The average Bonchev–Trinajstić information content (AvgIpc) is 3.03. The quantitative estimate of drug-likeness (QED) is 0.126. The molecule has 0 saturated heterocycles. The molecule has 209 valence electrons. The fraction of sp³-hybridized carbons (Fsp3) is 0.132. The molecular formula is C38H34BN4. The molecule has 0 heterocycles. The minimum atomic E-state index is 0.616. The Morgan fingerprint density at radius 1 is 0.744 bits per heavy atom. The van der Waals surface area contributed by atoms with Crippen LogP contribution in [0.1, 0.15) is 42.5 Å². The van der Waals surface area contributed by atoms with Crippen molar-refractivity contribution < 1.29 is 0 Å². The lowest BCUT2D eigenvalue weighted by Gasteiger charge is -2.19. The predicted octanol–water partition coefficient (Wildman–Crippen LogP) is 9.61. The molecule has 0 spiro atoms. The first-order valence-electron chi connectivity index (χ1n) is 14.7. The highest BCUT2D eigenvalue weighted by molar-refractivity contribution is 6.54. The van der Waals surface area contributed by atoms with Gasteiger partial charge in [0.05, 0.1) is 17.1 Å². The maximum Gasteiger partial charge on any atom is 0.312 e. The van der Waals surface area contributed by atoms with Crippen molar-refractivity contribution in [3.63, 3.8) is 0 Å². The topological polar surface area (TPSA) is 63.1 Å². The largest absolute Gasteiger partial charge is 0.397 e. The van der Waals surface area contributed by atoms with Gasteiger partial charge in [0, 0.05) is 10.9 Å². The van der Waals surface area contributed by atoms with Crippen LogP contribution in [-0.4, -0.2) is 13.1 Å². The first kappa shape index (κ1) is 28.1. The molecule has 0 unspecified atom stereocenters. The molecule has 1 radical (unpaired) electrons. The zero-order valence-corrected chi connectivity index (χ0v) is 25.1. The number of rotatable bonds is 6. The van der Waals surface area contributed by atoms with Crippen molar-refractivity contribution >= 4 is 52.5 Å². The van der Waals surface area contributed by atoms with Crippen molar-refractivity contribution in [2.24, 2.45) is 15.1 Å². The second-order valence-electron chi connectivity index (χ2n) is 11.1. The van der Waals surface area contributed by atoms with Gasteiger partial charge >= 0.3 is 7.41 Å². The molecule has 0 fully saturated rings. The summed E-state index contributed by atoms with van der Waals surface area (Å²) in [5, 5.41) is 11.2. The summed E-state index contributed by atoms with van der Waals surface area (Å²) in [6, 6.07) is 33.2. The Morgan fingerprint density at radius 3 is 2.28 bits per heavy atom. The molecule has 5 aromatic rings. The van der Waals surface area contributed by atoms with Crippen molar-refractivity contribution in [2.45, 2.75) is 34.1 Å². The van der Waals surface area contributed by atoms with Crippen molar-refractivity contribution in [1.82, 2.24) is 0 Å². The molecule has 1 aliphatic carbocycles. The average molecular weight is 558 g/mol. The molecule has 0 aromatic heterocycles. The molecule has 0 atom stereocenters. The van der Waals surface area contributed by atoms with E-state index in [1.54, 1.807) is 0 Å². The maximum atomic E-state index is 6.25. The summed E-state index contributed by atoms with van der Waals surface area (Å²) in [5.41, 5.74) is 20.1. The van der Waals surface area contributed by atoms with Crippen LogP contribution in [0.25, 0.3) is 28.0 Å². The van der Waals surface area contributed by atoms with Crippen LogP contribution in [0.15, 0.2) is 129 Å². The molecule has 5 heteroatoms. The Labute approximate surface area is 254 Å². The van der Waals surface area contributed by atoms with E-state index in [0.717, 1.165) is 39.6 Å². The summed E-state index contributed by atoms with van der Waals surface area (Å²) < 4.78 is 0. The Bertz CT molecular complexity index is 1980. The molecule has 2 N–H and O–H groups in total. The first-order valence-corrected chi connectivity index (χ1v) is 14.7. The van der Waals surface area contributed by atoms with E-state index in [1.165, 1.54) is 39.0 Å². The fourth-order valence-electron chi connectivity index (χ4n) is 5.64. The number of hydrogen-bond acceptors (Lipinski definition) is 4. The lowest BCUT2D eigenvalue weighted by atomic mass is 9.79. The van der Waals surface area contributed by atoms with Gasteiger partial charge in [0.2, 0.25) is 0 Å². The van der Waals surface area contributed by atoms with E-state index in [-0.39, 0.29) is 0 Å². The zero-order chi connectivity index (χ0) is 29.9. The highest BCUT2D eigenvalue weighted by atomic mass is 15.1. The van der Waals surface area contributed by atoms with Crippen LogP contribution < -0.4 is 11.2 Å². The predicted molar refractivity (Wildman–Crippen MR) is 184 cm³/mol. The van der Waals surface area contributed by atoms with Gasteiger partial charge in [0.1, 0.15) is 5.69 Å². The third-order valence-corrected chi connectivity index (χ3v) is 8.18. The second kappa shape index (κ2) is 12.1.